The molecular weight excluding hydrogens is 284 g/mol. The zero-order valence-electron chi connectivity index (χ0n) is 13.4. The molecule has 5 heteroatoms. The van der Waals surface area contributed by atoms with E-state index in [2.05, 4.69) is 11.9 Å². The lowest BCUT2D eigenvalue weighted by Crippen LogP contribution is -2.32. The standard InChI is InChI=1S/C16H26N2O2S/c1-6-8-18(9-7-2)21(19,20)16-11-15(12-17-5)10-13(3)14(16)4/h6,10-11,17H,1,7-9,12H2,2-5H3. The van der Waals surface area contributed by atoms with Gasteiger partial charge in [-0.3, -0.25) is 0 Å². The van der Waals surface area contributed by atoms with Gasteiger partial charge in [0.2, 0.25) is 10.0 Å². The predicted molar refractivity (Wildman–Crippen MR) is 87.9 cm³/mol. The van der Waals surface area contributed by atoms with Crippen LogP contribution in [-0.2, 0) is 16.6 Å². The van der Waals surface area contributed by atoms with Crippen LogP contribution >= 0.6 is 0 Å². The number of hydrogen-bond donors (Lipinski definition) is 1. The van der Waals surface area contributed by atoms with Gasteiger partial charge in [-0.25, -0.2) is 8.42 Å². The van der Waals surface area contributed by atoms with Crippen molar-refractivity contribution >= 4 is 10.0 Å². The van der Waals surface area contributed by atoms with Crippen LogP contribution in [0.2, 0.25) is 0 Å². The van der Waals surface area contributed by atoms with E-state index >= 15 is 0 Å². The molecule has 0 aliphatic carbocycles. The van der Waals surface area contributed by atoms with E-state index in [0.29, 0.717) is 24.5 Å². The fraction of sp³-hybridized carbons (Fsp3) is 0.500. The van der Waals surface area contributed by atoms with Crippen molar-refractivity contribution in [1.29, 1.82) is 0 Å². The molecule has 1 aromatic rings. The van der Waals surface area contributed by atoms with Gasteiger partial charge in [-0.1, -0.05) is 19.1 Å². The number of aryl methyl sites for hydroxylation is 1. The summed E-state index contributed by atoms with van der Waals surface area (Å²) in [5.41, 5.74) is 2.80. The molecule has 0 bridgehead atoms. The summed E-state index contributed by atoms with van der Waals surface area (Å²) in [6, 6.07) is 3.81. The first-order valence-corrected chi connectivity index (χ1v) is 8.68. The van der Waals surface area contributed by atoms with Gasteiger partial charge >= 0.3 is 0 Å². The Morgan fingerprint density at radius 3 is 2.52 bits per heavy atom. The van der Waals surface area contributed by atoms with Crippen LogP contribution in [0.25, 0.3) is 0 Å². The molecule has 0 radical (unpaired) electrons. The molecule has 0 saturated carbocycles. The number of nitrogens with one attached hydrogen (secondary N) is 1. The molecule has 1 N–H and O–H groups in total. The second kappa shape index (κ2) is 7.73. The van der Waals surface area contributed by atoms with Gasteiger partial charge in [0.25, 0.3) is 0 Å². The minimum Gasteiger partial charge on any atom is -0.316 e. The number of nitrogens with zero attached hydrogens (tertiary/aromatic N) is 1. The van der Waals surface area contributed by atoms with Crippen LogP contribution in [0.5, 0.6) is 0 Å². The highest BCUT2D eigenvalue weighted by atomic mass is 32.2. The highest BCUT2D eigenvalue weighted by molar-refractivity contribution is 7.89. The molecular formula is C16H26N2O2S. The van der Waals surface area contributed by atoms with Gasteiger partial charge in [-0.15, -0.1) is 6.58 Å². The number of benzene rings is 1. The summed E-state index contributed by atoms with van der Waals surface area (Å²) in [5.74, 6) is 0. The first kappa shape index (κ1) is 17.9. The largest absolute Gasteiger partial charge is 0.316 e. The van der Waals surface area contributed by atoms with Crippen LogP contribution in [0.15, 0.2) is 29.7 Å². The van der Waals surface area contributed by atoms with Crippen molar-refractivity contribution in [2.24, 2.45) is 0 Å². The lowest BCUT2D eigenvalue weighted by atomic mass is 10.1. The second-order valence-corrected chi connectivity index (χ2v) is 7.12. The maximum Gasteiger partial charge on any atom is 0.243 e. The Kier molecular flexibility index (Phi) is 6.58. The molecule has 0 atom stereocenters. The van der Waals surface area contributed by atoms with Crippen LogP contribution in [0, 0.1) is 13.8 Å². The molecule has 0 unspecified atom stereocenters. The lowest BCUT2D eigenvalue weighted by Gasteiger charge is -2.22. The molecule has 0 heterocycles. The molecule has 1 rings (SSSR count). The fourth-order valence-corrected chi connectivity index (χ4v) is 4.17. The Morgan fingerprint density at radius 1 is 1.33 bits per heavy atom. The van der Waals surface area contributed by atoms with Crippen molar-refractivity contribution in [3.05, 3.63) is 41.5 Å². The summed E-state index contributed by atoms with van der Waals surface area (Å²) in [7, 11) is -1.63. The molecule has 0 fully saturated rings. The number of hydrogen-bond acceptors (Lipinski definition) is 3. The molecule has 0 spiro atoms. The van der Waals surface area contributed by atoms with E-state index in [4.69, 9.17) is 0 Å². The van der Waals surface area contributed by atoms with Gasteiger partial charge in [0.1, 0.15) is 0 Å². The van der Waals surface area contributed by atoms with Crippen molar-refractivity contribution in [1.82, 2.24) is 9.62 Å². The van der Waals surface area contributed by atoms with E-state index in [1.807, 2.05) is 33.9 Å². The van der Waals surface area contributed by atoms with E-state index < -0.39 is 10.0 Å². The Labute approximate surface area is 128 Å². The van der Waals surface area contributed by atoms with E-state index in [-0.39, 0.29) is 0 Å². The third-order valence-corrected chi connectivity index (χ3v) is 5.48. The van der Waals surface area contributed by atoms with E-state index in [9.17, 15) is 8.42 Å². The zero-order chi connectivity index (χ0) is 16.0. The molecule has 0 amide bonds. The van der Waals surface area contributed by atoms with Crippen molar-refractivity contribution < 1.29 is 8.42 Å². The maximum absolute atomic E-state index is 12.9. The Hall–Kier alpha value is -1.17. The fourth-order valence-electron chi connectivity index (χ4n) is 2.32. The van der Waals surface area contributed by atoms with Gasteiger partial charge in [0.05, 0.1) is 4.90 Å². The van der Waals surface area contributed by atoms with Crippen LogP contribution in [0.3, 0.4) is 0 Å². The monoisotopic (exact) mass is 310 g/mol. The SMILES string of the molecule is C=CCN(CCC)S(=O)(=O)c1cc(CNC)cc(C)c1C. The predicted octanol–water partition coefficient (Wildman–Crippen LogP) is 2.61. The summed E-state index contributed by atoms with van der Waals surface area (Å²) in [5, 5.41) is 3.06. The first-order chi connectivity index (χ1) is 9.88. The smallest absolute Gasteiger partial charge is 0.243 e. The quantitative estimate of drug-likeness (QED) is 0.751. The number of rotatable bonds is 8. The average Bonchev–Trinajstić information content (AvgIpc) is 2.42. The second-order valence-electron chi connectivity index (χ2n) is 5.22. The van der Waals surface area contributed by atoms with Gasteiger partial charge in [0.15, 0.2) is 0 Å². The molecule has 0 aliphatic heterocycles. The summed E-state index contributed by atoms with van der Waals surface area (Å²) >= 11 is 0. The molecule has 0 saturated heterocycles. The lowest BCUT2D eigenvalue weighted by molar-refractivity contribution is 0.441. The summed E-state index contributed by atoms with van der Waals surface area (Å²) < 4.78 is 27.3. The van der Waals surface area contributed by atoms with Gasteiger partial charge in [-0.2, -0.15) is 4.31 Å². The average molecular weight is 310 g/mol. The van der Waals surface area contributed by atoms with E-state index in [0.717, 1.165) is 23.1 Å². The molecule has 0 aliphatic rings. The summed E-state index contributed by atoms with van der Waals surface area (Å²) in [6.07, 6.45) is 2.41. The third-order valence-electron chi connectivity index (χ3n) is 3.48. The minimum absolute atomic E-state index is 0.338. The van der Waals surface area contributed by atoms with Crippen LogP contribution in [0.4, 0.5) is 0 Å². The van der Waals surface area contributed by atoms with Gasteiger partial charge < -0.3 is 5.32 Å². The topological polar surface area (TPSA) is 49.4 Å². The van der Waals surface area contributed by atoms with Gasteiger partial charge in [-0.05, 0) is 50.1 Å². The number of sulfonamides is 1. The normalized spacial score (nSPS) is 11.9. The molecule has 4 nitrogen and oxygen atoms in total. The van der Waals surface area contributed by atoms with Crippen LogP contribution < -0.4 is 5.32 Å². The Bertz CT molecular complexity index is 595. The first-order valence-electron chi connectivity index (χ1n) is 7.24. The van der Waals surface area contributed by atoms with Gasteiger partial charge in [0, 0.05) is 19.6 Å². The summed E-state index contributed by atoms with van der Waals surface area (Å²) in [4.78, 5) is 0.406. The van der Waals surface area contributed by atoms with Crippen molar-refractivity contribution in [3.63, 3.8) is 0 Å². The Morgan fingerprint density at radius 2 is 2.00 bits per heavy atom. The highest BCUT2D eigenvalue weighted by Crippen LogP contribution is 2.24. The van der Waals surface area contributed by atoms with Crippen LogP contribution in [-0.4, -0.2) is 32.9 Å². The van der Waals surface area contributed by atoms with E-state index in [1.165, 1.54) is 4.31 Å². The molecule has 118 valence electrons. The maximum atomic E-state index is 12.9. The molecule has 1 aromatic carbocycles. The Balaban J connectivity index is 3.37. The molecule has 0 aromatic heterocycles. The highest BCUT2D eigenvalue weighted by Gasteiger charge is 2.25. The molecule has 21 heavy (non-hydrogen) atoms. The van der Waals surface area contributed by atoms with Crippen molar-refractivity contribution in [3.8, 4) is 0 Å². The zero-order valence-corrected chi connectivity index (χ0v) is 14.3. The third kappa shape index (κ3) is 4.15. The van der Waals surface area contributed by atoms with E-state index in [1.54, 1.807) is 12.1 Å². The minimum atomic E-state index is -3.49. The van der Waals surface area contributed by atoms with Crippen molar-refractivity contribution in [2.45, 2.75) is 38.6 Å². The van der Waals surface area contributed by atoms with Crippen LogP contribution in [0.1, 0.15) is 30.0 Å². The van der Waals surface area contributed by atoms with Crippen molar-refractivity contribution in [2.75, 3.05) is 20.1 Å². The summed E-state index contributed by atoms with van der Waals surface area (Å²) in [6.45, 7) is 10.9.